The Morgan fingerprint density at radius 3 is 2.40 bits per heavy atom. The molecule has 1 aromatic rings. The van der Waals surface area contributed by atoms with Crippen LogP contribution in [0.3, 0.4) is 0 Å². The molecule has 4 heteroatoms. The lowest BCUT2D eigenvalue weighted by Crippen LogP contribution is -2.33. The van der Waals surface area contributed by atoms with Crippen molar-refractivity contribution in [3.63, 3.8) is 0 Å². The molecule has 2 rings (SSSR count). The molecule has 0 aliphatic carbocycles. The quantitative estimate of drug-likeness (QED) is 0.746. The zero-order valence-electron chi connectivity index (χ0n) is 8.41. The Bertz CT molecular complexity index is 363. The number of hydrogen-bond acceptors (Lipinski definition) is 1. The molecule has 1 aliphatic heterocycles. The van der Waals surface area contributed by atoms with Gasteiger partial charge in [0.25, 0.3) is 0 Å². The van der Waals surface area contributed by atoms with Gasteiger partial charge in [-0.2, -0.15) is 0 Å². The third-order valence-corrected chi connectivity index (χ3v) is 3.54. The summed E-state index contributed by atoms with van der Waals surface area (Å²) in [7, 11) is 0. The van der Waals surface area contributed by atoms with Crippen molar-refractivity contribution in [1.29, 1.82) is 0 Å². The van der Waals surface area contributed by atoms with Gasteiger partial charge in [0.1, 0.15) is 0 Å². The minimum Gasteiger partial charge on any atom is -0.308 e. The molecule has 0 amide bonds. The largest absolute Gasteiger partial charge is 0.308 e. The summed E-state index contributed by atoms with van der Waals surface area (Å²) in [4.78, 5) is 0. The Morgan fingerprint density at radius 1 is 1.33 bits per heavy atom. The Balaban J connectivity index is 2.45. The molecule has 82 valence electrons. The SMILES string of the molecule is CC1(c2cc(Cl)c(F)c(Cl)c2)CCCN1. The van der Waals surface area contributed by atoms with Gasteiger partial charge in [-0.25, -0.2) is 4.39 Å². The highest BCUT2D eigenvalue weighted by atomic mass is 35.5. The van der Waals surface area contributed by atoms with Gasteiger partial charge in [-0.05, 0) is 44.0 Å². The maximum Gasteiger partial charge on any atom is 0.160 e. The van der Waals surface area contributed by atoms with Crippen LogP contribution in [0.1, 0.15) is 25.3 Å². The molecule has 1 aromatic carbocycles. The standard InChI is InChI=1S/C11H12Cl2FN/c1-11(3-2-4-15-11)7-5-8(12)10(14)9(13)6-7/h5-6,15H,2-4H2,1H3. The van der Waals surface area contributed by atoms with Gasteiger partial charge in [-0.15, -0.1) is 0 Å². The number of hydrogen-bond donors (Lipinski definition) is 1. The van der Waals surface area contributed by atoms with Crippen molar-refractivity contribution >= 4 is 23.2 Å². The van der Waals surface area contributed by atoms with Crippen molar-refractivity contribution in [3.8, 4) is 0 Å². The molecule has 1 atom stereocenters. The molecular formula is C11H12Cl2FN. The summed E-state index contributed by atoms with van der Waals surface area (Å²) in [6.07, 6.45) is 2.13. The lowest BCUT2D eigenvalue weighted by Gasteiger charge is -2.25. The van der Waals surface area contributed by atoms with Gasteiger partial charge >= 0.3 is 0 Å². The molecule has 1 N–H and O–H groups in total. The number of halogens is 3. The van der Waals surface area contributed by atoms with Crippen LogP contribution in [-0.2, 0) is 5.54 Å². The smallest absolute Gasteiger partial charge is 0.160 e. The topological polar surface area (TPSA) is 12.0 Å². The molecular weight excluding hydrogens is 236 g/mol. The van der Waals surface area contributed by atoms with Crippen molar-refractivity contribution in [2.45, 2.75) is 25.3 Å². The first kappa shape index (κ1) is 11.2. The molecule has 0 aromatic heterocycles. The highest BCUT2D eigenvalue weighted by Gasteiger charge is 2.31. The van der Waals surface area contributed by atoms with Gasteiger partial charge < -0.3 is 5.32 Å². The van der Waals surface area contributed by atoms with E-state index in [0.717, 1.165) is 24.9 Å². The molecule has 1 heterocycles. The average molecular weight is 248 g/mol. The van der Waals surface area contributed by atoms with Crippen LogP contribution in [0.2, 0.25) is 10.0 Å². The summed E-state index contributed by atoms with van der Waals surface area (Å²) >= 11 is 11.5. The minimum atomic E-state index is -0.538. The third-order valence-electron chi connectivity index (χ3n) is 2.99. The number of benzene rings is 1. The Hall–Kier alpha value is -0.310. The van der Waals surface area contributed by atoms with Gasteiger partial charge in [0.2, 0.25) is 0 Å². The zero-order chi connectivity index (χ0) is 11.1. The fourth-order valence-corrected chi connectivity index (χ4v) is 2.50. The molecule has 1 saturated heterocycles. The lowest BCUT2D eigenvalue weighted by molar-refractivity contribution is 0.434. The van der Waals surface area contributed by atoms with Crippen LogP contribution >= 0.6 is 23.2 Å². The summed E-state index contributed by atoms with van der Waals surface area (Å²) in [5, 5.41) is 3.56. The van der Waals surface area contributed by atoms with Crippen LogP contribution in [-0.4, -0.2) is 6.54 Å². The molecule has 0 bridgehead atoms. The van der Waals surface area contributed by atoms with E-state index < -0.39 is 5.82 Å². The van der Waals surface area contributed by atoms with Crippen LogP contribution in [0.15, 0.2) is 12.1 Å². The molecule has 1 aliphatic rings. The Kier molecular flexibility index (Phi) is 2.93. The predicted octanol–water partition coefficient (Wildman–Crippen LogP) is 3.73. The summed E-state index contributed by atoms with van der Waals surface area (Å²) in [5.41, 5.74) is 0.831. The van der Waals surface area contributed by atoms with E-state index in [4.69, 9.17) is 23.2 Å². The van der Waals surface area contributed by atoms with Crippen LogP contribution < -0.4 is 5.32 Å². The third kappa shape index (κ3) is 1.99. The number of rotatable bonds is 1. The average Bonchev–Trinajstić information content (AvgIpc) is 2.62. The van der Waals surface area contributed by atoms with E-state index in [-0.39, 0.29) is 15.6 Å². The summed E-state index contributed by atoms with van der Waals surface area (Å²) in [5.74, 6) is -0.538. The Morgan fingerprint density at radius 2 is 1.93 bits per heavy atom. The maximum absolute atomic E-state index is 13.2. The van der Waals surface area contributed by atoms with Gasteiger partial charge in [-0.3, -0.25) is 0 Å². The normalized spacial score (nSPS) is 25.9. The first-order chi connectivity index (χ1) is 7.03. The molecule has 15 heavy (non-hydrogen) atoms. The van der Waals surface area contributed by atoms with E-state index in [1.54, 1.807) is 12.1 Å². The van der Waals surface area contributed by atoms with Gasteiger partial charge in [0.05, 0.1) is 10.0 Å². The van der Waals surface area contributed by atoms with E-state index in [1.807, 2.05) is 0 Å². The second kappa shape index (κ2) is 3.93. The van der Waals surface area contributed by atoms with Gasteiger partial charge in [0, 0.05) is 5.54 Å². The molecule has 1 unspecified atom stereocenters. The van der Waals surface area contributed by atoms with Crippen molar-refractivity contribution in [2.24, 2.45) is 0 Å². The highest BCUT2D eigenvalue weighted by Crippen LogP contribution is 2.35. The number of nitrogens with one attached hydrogen (secondary N) is 1. The van der Waals surface area contributed by atoms with E-state index in [9.17, 15) is 4.39 Å². The second-order valence-electron chi connectivity index (χ2n) is 4.12. The minimum absolute atomic E-state index is 0.0902. The van der Waals surface area contributed by atoms with Crippen LogP contribution in [0.4, 0.5) is 4.39 Å². The van der Waals surface area contributed by atoms with E-state index in [1.165, 1.54) is 0 Å². The molecule has 1 nitrogen and oxygen atoms in total. The highest BCUT2D eigenvalue weighted by molar-refractivity contribution is 6.35. The first-order valence-corrected chi connectivity index (χ1v) is 5.68. The fraction of sp³-hybridized carbons (Fsp3) is 0.455. The van der Waals surface area contributed by atoms with Crippen LogP contribution in [0.25, 0.3) is 0 Å². The molecule has 0 saturated carbocycles. The van der Waals surface area contributed by atoms with Crippen molar-refractivity contribution in [3.05, 3.63) is 33.6 Å². The maximum atomic E-state index is 13.2. The summed E-state index contributed by atoms with van der Waals surface area (Å²) in [6.45, 7) is 3.06. The second-order valence-corrected chi connectivity index (χ2v) is 4.93. The summed E-state index contributed by atoms with van der Waals surface area (Å²) in [6, 6.07) is 3.31. The van der Waals surface area contributed by atoms with Crippen LogP contribution in [0, 0.1) is 5.82 Å². The van der Waals surface area contributed by atoms with Crippen molar-refractivity contribution < 1.29 is 4.39 Å². The van der Waals surface area contributed by atoms with E-state index in [0.29, 0.717) is 0 Å². The molecule has 0 spiro atoms. The van der Waals surface area contributed by atoms with Gasteiger partial charge in [0.15, 0.2) is 5.82 Å². The van der Waals surface area contributed by atoms with Crippen molar-refractivity contribution in [2.75, 3.05) is 6.54 Å². The predicted molar refractivity (Wildman–Crippen MR) is 61.0 cm³/mol. The zero-order valence-corrected chi connectivity index (χ0v) is 9.92. The lowest BCUT2D eigenvalue weighted by atomic mass is 9.90. The van der Waals surface area contributed by atoms with Crippen LogP contribution in [0.5, 0.6) is 0 Å². The monoisotopic (exact) mass is 247 g/mol. The molecule has 1 fully saturated rings. The van der Waals surface area contributed by atoms with E-state index >= 15 is 0 Å². The van der Waals surface area contributed by atoms with Gasteiger partial charge in [-0.1, -0.05) is 23.2 Å². The summed E-state index contributed by atoms with van der Waals surface area (Å²) < 4.78 is 13.2. The molecule has 0 radical (unpaired) electrons. The van der Waals surface area contributed by atoms with Crippen molar-refractivity contribution in [1.82, 2.24) is 5.32 Å². The first-order valence-electron chi connectivity index (χ1n) is 4.93. The fourth-order valence-electron chi connectivity index (χ4n) is 2.02. The Labute approximate surface area is 98.6 Å². The van der Waals surface area contributed by atoms with E-state index in [2.05, 4.69) is 12.2 Å².